The van der Waals surface area contributed by atoms with Gasteiger partial charge in [-0.05, 0) is 18.6 Å². The van der Waals surface area contributed by atoms with E-state index < -0.39 is 17.6 Å². The Morgan fingerprint density at radius 1 is 1.42 bits per heavy atom. The van der Waals surface area contributed by atoms with Crippen molar-refractivity contribution < 1.29 is 19.2 Å². The number of amides is 2. The van der Waals surface area contributed by atoms with E-state index in [9.17, 15) is 14.8 Å². The average molecular weight is 498 g/mol. The molecule has 1 aliphatic carbocycles. The summed E-state index contributed by atoms with van der Waals surface area (Å²) in [6.45, 7) is 0.227. The number of nitrogens with one attached hydrogen (secondary N) is 2. The molecular formula is C20H28FN7O3S2. The van der Waals surface area contributed by atoms with Crippen molar-refractivity contribution in [2.75, 3.05) is 30.2 Å². The summed E-state index contributed by atoms with van der Waals surface area (Å²) in [7, 11) is 1.70. The number of carbonyl (C=O) groups excluding carboxylic acids is 2. The average Bonchev–Trinajstić information content (AvgIpc) is 3.52. The minimum atomic E-state index is -0.712. The van der Waals surface area contributed by atoms with E-state index in [0.717, 1.165) is 30.7 Å². The van der Waals surface area contributed by atoms with Gasteiger partial charge >= 0.3 is 0 Å². The van der Waals surface area contributed by atoms with Crippen molar-refractivity contribution in [3.05, 3.63) is 22.4 Å². The van der Waals surface area contributed by atoms with Gasteiger partial charge in [-0.25, -0.2) is 20.0 Å². The quantitative estimate of drug-likeness (QED) is 0.133. The number of hydrogen-bond acceptors (Lipinski definition) is 10. The van der Waals surface area contributed by atoms with Crippen LogP contribution < -0.4 is 15.8 Å². The molecule has 0 radical (unpaired) electrons. The number of hydrazine groups is 1. The highest BCUT2D eigenvalue weighted by Crippen LogP contribution is 2.31. The summed E-state index contributed by atoms with van der Waals surface area (Å²) in [5, 5.41) is 13.1. The number of rotatable bonds is 12. The number of hydrogen-bond donors (Lipinski definition) is 3. The zero-order chi connectivity index (χ0) is 23.8. The van der Waals surface area contributed by atoms with Crippen LogP contribution in [-0.2, 0) is 16.1 Å². The maximum absolute atomic E-state index is 15.2. The third-order valence-electron chi connectivity index (χ3n) is 5.51. The molecule has 1 atom stereocenters. The highest BCUT2D eigenvalue weighted by atomic mass is 32.2. The van der Waals surface area contributed by atoms with Gasteiger partial charge in [-0.2, -0.15) is 4.39 Å². The third-order valence-corrected chi connectivity index (χ3v) is 6.82. The smallest absolute Gasteiger partial charge is 0.243 e. The Morgan fingerprint density at radius 2 is 2.18 bits per heavy atom. The van der Waals surface area contributed by atoms with Gasteiger partial charge in [-0.15, -0.1) is 11.3 Å². The van der Waals surface area contributed by atoms with Gasteiger partial charge in [-0.1, -0.05) is 37.4 Å². The van der Waals surface area contributed by atoms with Crippen molar-refractivity contribution in [1.82, 2.24) is 25.4 Å². The number of hydroxylamine groups is 2. The van der Waals surface area contributed by atoms with Gasteiger partial charge in [0.05, 0.1) is 19.0 Å². The first-order valence-corrected chi connectivity index (χ1v) is 12.7. The van der Waals surface area contributed by atoms with Crippen LogP contribution in [0, 0.1) is 17.7 Å². The Balaban J connectivity index is 1.72. The molecule has 13 heteroatoms. The topological polar surface area (TPSA) is 124 Å². The molecule has 2 aromatic rings. The summed E-state index contributed by atoms with van der Waals surface area (Å²) in [5.74, 6) is -1.55. The number of aromatic nitrogens is 3. The van der Waals surface area contributed by atoms with Crippen molar-refractivity contribution in [3.8, 4) is 0 Å². The van der Waals surface area contributed by atoms with Gasteiger partial charge in [0.2, 0.25) is 18.1 Å². The fourth-order valence-corrected chi connectivity index (χ4v) is 4.88. The Morgan fingerprint density at radius 3 is 2.82 bits per heavy atom. The Hall–Kier alpha value is -2.51. The lowest BCUT2D eigenvalue weighted by molar-refractivity contribution is -0.154. The van der Waals surface area contributed by atoms with E-state index in [-0.39, 0.29) is 24.6 Å². The first-order chi connectivity index (χ1) is 15.9. The summed E-state index contributed by atoms with van der Waals surface area (Å²) in [6.07, 6.45) is 8.48. The van der Waals surface area contributed by atoms with E-state index in [2.05, 4.69) is 25.8 Å². The molecule has 0 spiro atoms. The summed E-state index contributed by atoms with van der Waals surface area (Å²) in [5.41, 5.74) is 5.07. The van der Waals surface area contributed by atoms with Crippen LogP contribution >= 0.6 is 23.1 Å². The van der Waals surface area contributed by atoms with Crippen LogP contribution in [-0.4, -0.2) is 57.4 Å². The first-order valence-electron chi connectivity index (χ1n) is 10.6. The van der Waals surface area contributed by atoms with Crippen LogP contribution in [0.1, 0.15) is 37.1 Å². The van der Waals surface area contributed by atoms with Crippen molar-refractivity contribution in [2.24, 2.45) is 11.8 Å². The molecular weight excluding hydrogens is 469 g/mol. The molecule has 1 fully saturated rings. The standard InChI is InChI=1S/C20H28FN7O3S2/c1-27(11-15-22-7-8-33-15)18-16(21)17(23-20(24-18)32-2)25-26-19(30)14(10-28(31)12-29)9-13-5-3-4-6-13/h7-8,12-14,31H,3-6,9-11H2,1-2H3,(H,26,30)(H,23,24,25)/t14-/m1/s1. The lowest BCUT2D eigenvalue weighted by atomic mass is 9.92. The summed E-state index contributed by atoms with van der Waals surface area (Å²) in [4.78, 5) is 37.9. The number of anilines is 2. The predicted octanol–water partition coefficient (Wildman–Crippen LogP) is 2.92. The van der Waals surface area contributed by atoms with Crippen LogP contribution in [0.15, 0.2) is 16.7 Å². The molecule has 180 valence electrons. The molecule has 0 aliphatic heterocycles. The fourth-order valence-electron chi connectivity index (χ4n) is 3.86. The largest absolute Gasteiger partial charge is 0.350 e. The van der Waals surface area contributed by atoms with Crippen LogP contribution in [0.2, 0.25) is 0 Å². The number of nitrogens with zero attached hydrogens (tertiary/aromatic N) is 5. The second-order valence-electron chi connectivity index (χ2n) is 7.90. The molecule has 0 unspecified atom stereocenters. The molecule has 3 rings (SSSR count). The zero-order valence-corrected chi connectivity index (χ0v) is 20.2. The lowest BCUT2D eigenvalue weighted by Gasteiger charge is -2.23. The molecule has 1 saturated carbocycles. The van der Waals surface area contributed by atoms with Crippen LogP contribution in [0.4, 0.5) is 16.0 Å². The normalized spacial score (nSPS) is 14.7. The minimum absolute atomic E-state index is 0.0753. The lowest BCUT2D eigenvalue weighted by Crippen LogP contribution is -2.41. The monoisotopic (exact) mass is 497 g/mol. The summed E-state index contributed by atoms with van der Waals surface area (Å²) in [6, 6.07) is 0. The number of carbonyl (C=O) groups is 2. The highest BCUT2D eigenvalue weighted by molar-refractivity contribution is 7.98. The van der Waals surface area contributed by atoms with Crippen molar-refractivity contribution in [3.63, 3.8) is 0 Å². The van der Waals surface area contributed by atoms with Gasteiger partial charge in [-0.3, -0.25) is 25.6 Å². The zero-order valence-electron chi connectivity index (χ0n) is 18.5. The summed E-state index contributed by atoms with van der Waals surface area (Å²) < 4.78 is 15.2. The summed E-state index contributed by atoms with van der Waals surface area (Å²) >= 11 is 2.70. The van der Waals surface area contributed by atoms with E-state index >= 15 is 4.39 Å². The van der Waals surface area contributed by atoms with Gasteiger partial charge < -0.3 is 4.90 Å². The van der Waals surface area contributed by atoms with E-state index in [4.69, 9.17) is 0 Å². The Bertz CT molecular complexity index is 929. The number of halogens is 1. The van der Waals surface area contributed by atoms with E-state index in [0.29, 0.717) is 29.1 Å². The molecule has 2 aromatic heterocycles. The third kappa shape index (κ3) is 6.98. The first kappa shape index (κ1) is 25.1. The molecule has 33 heavy (non-hydrogen) atoms. The second-order valence-corrected chi connectivity index (χ2v) is 9.66. The van der Waals surface area contributed by atoms with Gasteiger partial charge in [0.25, 0.3) is 0 Å². The molecule has 2 amide bonds. The maximum Gasteiger partial charge on any atom is 0.243 e. The fraction of sp³-hybridized carbons (Fsp3) is 0.550. The number of thiazole rings is 1. The maximum atomic E-state index is 15.2. The van der Waals surface area contributed by atoms with E-state index in [1.165, 1.54) is 23.1 Å². The van der Waals surface area contributed by atoms with Crippen LogP contribution in [0.25, 0.3) is 0 Å². The van der Waals surface area contributed by atoms with Crippen LogP contribution in [0.3, 0.4) is 0 Å². The Kier molecular flexibility index (Phi) is 9.21. The highest BCUT2D eigenvalue weighted by Gasteiger charge is 2.27. The van der Waals surface area contributed by atoms with Crippen molar-refractivity contribution in [2.45, 2.75) is 43.8 Å². The van der Waals surface area contributed by atoms with Gasteiger partial charge in [0.1, 0.15) is 5.01 Å². The molecule has 0 bridgehead atoms. The van der Waals surface area contributed by atoms with Crippen LogP contribution in [0.5, 0.6) is 0 Å². The molecule has 2 heterocycles. The molecule has 0 saturated heterocycles. The molecule has 10 nitrogen and oxygen atoms in total. The molecule has 1 aliphatic rings. The molecule has 0 aromatic carbocycles. The van der Waals surface area contributed by atoms with Gasteiger partial charge in [0.15, 0.2) is 16.8 Å². The van der Waals surface area contributed by atoms with Crippen molar-refractivity contribution >= 4 is 47.1 Å². The number of thioether (sulfide) groups is 1. The Labute approximate surface area is 199 Å². The minimum Gasteiger partial charge on any atom is -0.350 e. The van der Waals surface area contributed by atoms with Gasteiger partial charge in [0, 0.05) is 18.6 Å². The second kappa shape index (κ2) is 12.1. The molecule has 3 N–H and O–H groups in total. The van der Waals surface area contributed by atoms with Crippen molar-refractivity contribution in [1.29, 1.82) is 0 Å². The predicted molar refractivity (Wildman–Crippen MR) is 124 cm³/mol. The van der Waals surface area contributed by atoms with E-state index in [1.807, 2.05) is 5.38 Å². The van der Waals surface area contributed by atoms with E-state index in [1.54, 1.807) is 24.4 Å². The SMILES string of the molecule is CSc1nc(NNC(=O)[C@H](CC2CCCC2)CN(O)C=O)c(F)c(N(C)Cc2nccs2)n1.